The van der Waals surface area contributed by atoms with E-state index in [1.165, 1.54) is 5.56 Å². The molecule has 0 bridgehead atoms. The largest absolute Gasteiger partial charge is 0.457 e. The molecule has 1 atom stereocenters. The minimum Gasteiger partial charge on any atom is -0.457 e. The minimum atomic E-state index is 0.240. The van der Waals surface area contributed by atoms with Crippen LogP contribution < -0.4 is 5.32 Å². The van der Waals surface area contributed by atoms with E-state index in [-0.39, 0.29) is 6.04 Å². The van der Waals surface area contributed by atoms with Crippen molar-refractivity contribution < 1.29 is 4.42 Å². The van der Waals surface area contributed by atoms with Crippen LogP contribution in [0, 0.1) is 0 Å². The lowest BCUT2D eigenvalue weighted by atomic mass is 10.0. The first-order chi connectivity index (χ1) is 8.70. The number of hydrogen-bond acceptors (Lipinski definition) is 2. The molecule has 18 heavy (non-hydrogen) atoms. The highest BCUT2D eigenvalue weighted by atomic mass is 79.9. The Morgan fingerprint density at radius 3 is 2.56 bits per heavy atom. The van der Waals surface area contributed by atoms with Crippen molar-refractivity contribution >= 4 is 27.5 Å². The Kier molecular flexibility index (Phi) is 4.87. The van der Waals surface area contributed by atoms with E-state index in [2.05, 4.69) is 40.3 Å². The van der Waals surface area contributed by atoms with E-state index in [0.29, 0.717) is 0 Å². The first-order valence-electron chi connectivity index (χ1n) is 5.91. The van der Waals surface area contributed by atoms with Crippen LogP contribution in [0.25, 0.3) is 0 Å². The summed E-state index contributed by atoms with van der Waals surface area (Å²) in [7, 11) is 0. The predicted molar refractivity (Wildman–Crippen MR) is 78.0 cm³/mol. The molecule has 2 rings (SSSR count). The summed E-state index contributed by atoms with van der Waals surface area (Å²) >= 11 is 9.33. The zero-order valence-corrected chi connectivity index (χ0v) is 12.5. The molecule has 0 radical (unpaired) electrons. The molecule has 0 aliphatic carbocycles. The Hall–Kier alpha value is -0.770. The van der Waals surface area contributed by atoms with Gasteiger partial charge in [0.25, 0.3) is 0 Å². The summed E-state index contributed by atoms with van der Waals surface area (Å²) in [5.41, 5.74) is 2.39. The number of hydrogen-bond donors (Lipinski definition) is 1. The van der Waals surface area contributed by atoms with Crippen LogP contribution >= 0.6 is 27.5 Å². The summed E-state index contributed by atoms with van der Waals surface area (Å²) in [4.78, 5) is 0. The average molecular weight is 329 g/mol. The lowest BCUT2D eigenvalue weighted by Gasteiger charge is -2.17. The van der Waals surface area contributed by atoms with Gasteiger partial charge in [-0.05, 0) is 52.7 Å². The van der Waals surface area contributed by atoms with Crippen LogP contribution in [0.15, 0.2) is 45.7 Å². The van der Waals surface area contributed by atoms with Gasteiger partial charge in [0.1, 0.15) is 0 Å². The van der Waals surface area contributed by atoms with Crippen LogP contribution in [0.2, 0.25) is 5.02 Å². The summed E-state index contributed by atoms with van der Waals surface area (Å²) in [6.07, 6.45) is 2.61. The number of rotatable bonds is 5. The van der Waals surface area contributed by atoms with E-state index in [1.54, 1.807) is 6.26 Å². The molecule has 1 aromatic heterocycles. The summed E-state index contributed by atoms with van der Waals surface area (Å²) in [6.45, 7) is 3.01. The topological polar surface area (TPSA) is 25.2 Å². The number of halogens is 2. The molecule has 96 valence electrons. The van der Waals surface area contributed by atoms with Crippen molar-refractivity contribution in [2.24, 2.45) is 0 Å². The van der Waals surface area contributed by atoms with Crippen molar-refractivity contribution in [2.45, 2.75) is 19.4 Å². The highest BCUT2D eigenvalue weighted by molar-refractivity contribution is 9.10. The van der Waals surface area contributed by atoms with Gasteiger partial charge in [-0.3, -0.25) is 0 Å². The highest BCUT2D eigenvalue weighted by Crippen LogP contribution is 2.27. The highest BCUT2D eigenvalue weighted by Gasteiger charge is 2.16. The Labute approximate surface area is 120 Å². The maximum Gasteiger partial charge on any atom is 0.173 e. The van der Waals surface area contributed by atoms with Crippen molar-refractivity contribution in [3.05, 3.63) is 57.4 Å². The SMILES string of the molecule is CCNC(Cc1ccc(Cl)cc1)c1ccoc1Br. The molecule has 0 saturated carbocycles. The molecule has 0 amide bonds. The Morgan fingerprint density at radius 2 is 2.00 bits per heavy atom. The van der Waals surface area contributed by atoms with Gasteiger partial charge >= 0.3 is 0 Å². The van der Waals surface area contributed by atoms with Gasteiger partial charge in [-0.1, -0.05) is 30.7 Å². The number of furan rings is 1. The molecule has 2 nitrogen and oxygen atoms in total. The van der Waals surface area contributed by atoms with Crippen LogP contribution in [0.4, 0.5) is 0 Å². The van der Waals surface area contributed by atoms with E-state index in [1.807, 2.05) is 18.2 Å². The molecular formula is C14H15BrClNO. The van der Waals surface area contributed by atoms with E-state index >= 15 is 0 Å². The first-order valence-corrected chi connectivity index (χ1v) is 7.08. The minimum absolute atomic E-state index is 0.240. The maximum atomic E-state index is 5.90. The second-order valence-corrected chi connectivity index (χ2v) is 5.25. The number of likely N-dealkylation sites (N-methyl/N-ethyl adjacent to an activating group) is 1. The molecule has 0 aliphatic heterocycles. The van der Waals surface area contributed by atoms with Crippen molar-refractivity contribution in [1.82, 2.24) is 5.32 Å². The maximum absolute atomic E-state index is 5.90. The molecule has 1 N–H and O–H groups in total. The Balaban J connectivity index is 2.16. The smallest absolute Gasteiger partial charge is 0.173 e. The molecule has 4 heteroatoms. The van der Waals surface area contributed by atoms with E-state index in [0.717, 1.165) is 28.2 Å². The van der Waals surface area contributed by atoms with Crippen molar-refractivity contribution in [3.63, 3.8) is 0 Å². The third-order valence-electron chi connectivity index (χ3n) is 2.83. The molecule has 0 spiro atoms. The van der Waals surface area contributed by atoms with Gasteiger partial charge in [-0.15, -0.1) is 0 Å². The first kappa shape index (κ1) is 13.7. The molecule has 2 aromatic rings. The van der Waals surface area contributed by atoms with Crippen LogP contribution in [0.5, 0.6) is 0 Å². The van der Waals surface area contributed by atoms with Gasteiger partial charge in [0.2, 0.25) is 0 Å². The fourth-order valence-corrected chi connectivity index (χ4v) is 2.59. The number of benzene rings is 1. The molecule has 1 unspecified atom stereocenters. The van der Waals surface area contributed by atoms with Gasteiger partial charge in [0, 0.05) is 16.6 Å². The van der Waals surface area contributed by atoms with Crippen molar-refractivity contribution in [1.29, 1.82) is 0 Å². The predicted octanol–water partition coefficient (Wildman–Crippen LogP) is 4.59. The zero-order chi connectivity index (χ0) is 13.0. The fourth-order valence-electron chi connectivity index (χ4n) is 1.95. The van der Waals surface area contributed by atoms with Gasteiger partial charge in [-0.2, -0.15) is 0 Å². The summed E-state index contributed by atoms with van der Waals surface area (Å²) < 4.78 is 6.10. The molecule has 0 fully saturated rings. The second kappa shape index (κ2) is 6.41. The van der Waals surface area contributed by atoms with Crippen LogP contribution in [-0.2, 0) is 6.42 Å². The van der Waals surface area contributed by atoms with Crippen LogP contribution in [0.1, 0.15) is 24.1 Å². The Morgan fingerprint density at radius 1 is 1.28 bits per heavy atom. The monoisotopic (exact) mass is 327 g/mol. The summed E-state index contributed by atoms with van der Waals surface area (Å²) in [5, 5.41) is 4.23. The lowest BCUT2D eigenvalue weighted by Crippen LogP contribution is -2.22. The van der Waals surface area contributed by atoms with Gasteiger partial charge in [0.15, 0.2) is 4.67 Å². The van der Waals surface area contributed by atoms with Gasteiger partial charge in [0.05, 0.1) is 6.26 Å². The normalized spacial score (nSPS) is 12.6. The quantitative estimate of drug-likeness (QED) is 0.868. The van der Waals surface area contributed by atoms with Gasteiger partial charge < -0.3 is 9.73 Å². The third kappa shape index (κ3) is 3.37. The van der Waals surface area contributed by atoms with Crippen molar-refractivity contribution in [2.75, 3.05) is 6.54 Å². The lowest BCUT2D eigenvalue weighted by molar-refractivity contribution is 0.506. The third-order valence-corrected chi connectivity index (χ3v) is 3.72. The molecule has 0 saturated heterocycles. The Bertz CT molecular complexity index is 495. The molecule has 0 aliphatic rings. The molecule has 1 heterocycles. The van der Waals surface area contributed by atoms with Crippen LogP contribution in [0.3, 0.4) is 0 Å². The number of nitrogens with one attached hydrogen (secondary N) is 1. The molecular weight excluding hydrogens is 314 g/mol. The fraction of sp³-hybridized carbons (Fsp3) is 0.286. The standard InChI is InChI=1S/C14H15BrClNO/c1-2-17-13(12-7-8-18-14(12)15)9-10-3-5-11(16)6-4-10/h3-8,13,17H,2,9H2,1H3. The van der Waals surface area contributed by atoms with Gasteiger partial charge in [-0.25, -0.2) is 0 Å². The molecule has 1 aromatic carbocycles. The van der Waals surface area contributed by atoms with E-state index in [9.17, 15) is 0 Å². The summed E-state index contributed by atoms with van der Waals surface area (Å²) in [5.74, 6) is 0. The second-order valence-electron chi connectivity index (χ2n) is 4.09. The average Bonchev–Trinajstić information content (AvgIpc) is 2.78. The van der Waals surface area contributed by atoms with E-state index in [4.69, 9.17) is 16.0 Å². The summed E-state index contributed by atoms with van der Waals surface area (Å²) in [6, 6.07) is 10.2. The van der Waals surface area contributed by atoms with E-state index < -0.39 is 0 Å². The zero-order valence-electron chi connectivity index (χ0n) is 10.1. The van der Waals surface area contributed by atoms with Crippen LogP contribution in [-0.4, -0.2) is 6.54 Å². The van der Waals surface area contributed by atoms with Crippen molar-refractivity contribution in [3.8, 4) is 0 Å².